The van der Waals surface area contributed by atoms with Gasteiger partial charge in [0.1, 0.15) is 6.61 Å². The van der Waals surface area contributed by atoms with E-state index in [0.29, 0.717) is 12.8 Å². The Bertz CT molecular complexity index is 1310. The van der Waals surface area contributed by atoms with E-state index >= 15 is 0 Å². The lowest BCUT2D eigenvalue weighted by Crippen LogP contribution is -2.84. The zero-order valence-corrected chi connectivity index (χ0v) is 24.6. The van der Waals surface area contributed by atoms with Crippen molar-refractivity contribution in [3.05, 3.63) is 71.8 Å². The van der Waals surface area contributed by atoms with Gasteiger partial charge in [-0.25, -0.2) is 14.4 Å². The molecule has 12 heteroatoms. The maximum absolute atomic E-state index is 14.8. The molecule has 0 radical (unpaired) electrons. The summed E-state index contributed by atoms with van der Waals surface area (Å²) in [5.74, 6) is -1.74. The number of hydrogen-bond acceptors (Lipinski definition) is 6. The third-order valence-electron chi connectivity index (χ3n) is 8.67. The topological polar surface area (TPSA) is 106 Å². The zero-order valence-electron chi connectivity index (χ0n) is 24.6. The fourth-order valence-electron chi connectivity index (χ4n) is 6.73. The number of carbonyl (C=O) groups excluding carboxylic acids is 2. The van der Waals surface area contributed by atoms with Crippen molar-refractivity contribution in [3.8, 4) is 0 Å². The SMILES string of the molecule is CO[C@@](C(=O)OC1([C@]2(C(C)(C)C)CCCCN2C(=O)O)CN(C(=O)OCc2ccccc2)C1)(c1ccccc1)C(F)(F)F. The number of hydrogen-bond donors (Lipinski definition) is 1. The van der Waals surface area contributed by atoms with Gasteiger partial charge >= 0.3 is 24.3 Å². The molecule has 1 N–H and O–H groups in total. The molecule has 0 bridgehead atoms. The van der Waals surface area contributed by atoms with Gasteiger partial charge in [-0.15, -0.1) is 0 Å². The normalized spacial score (nSPS) is 21.7. The van der Waals surface area contributed by atoms with E-state index in [9.17, 15) is 32.7 Å². The molecule has 2 fully saturated rings. The molecule has 2 aromatic rings. The Morgan fingerprint density at radius 3 is 2.02 bits per heavy atom. The number of halogens is 3. The molecule has 0 saturated carbocycles. The van der Waals surface area contributed by atoms with Crippen LogP contribution in [0.25, 0.3) is 0 Å². The lowest BCUT2D eigenvalue weighted by atomic mass is 9.56. The predicted molar refractivity (Wildman–Crippen MR) is 149 cm³/mol. The molecule has 0 aromatic heterocycles. The van der Waals surface area contributed by atoms with Gasteiger partial charge < -0.3 is 19.3 Å². The van der Waals surface area contributed by atoms with Gasteiger partial charge in [0.2, 0.25) is 0 Å². The molecule has 2 saturated heterocycles. The summed E-state index contributed by atoms with van der Waals surface area (Å²) < 4.78 is 60.9. The van der Waals surface area contributed by atoms with Crippen molar-refractivity contribution in [1.29, 1.82) is 0 Å². The van der Waals surface area contributed by atoms with Gasteiger partial charge in [-0.2, -0.15) is 13.2 Å². The molecule has 2 aliphatic heterocycles. The lowest BCUT2D eigenvalue weighted by Gasteiger charge is -2.66. The second kappa shape index (κ2) is 11.7. The van der Waals surface area contributed by atoms with Crippen molar-refractivity contribution in [1.82, 2.24) is 9.80 Å². The minimum atomic E-state index is -5.24. The number of likely N-dealkylation sites (tertiary alicyclic amines) is 2. The highest BCUT2D eigenvalue weighted by molar-refractivity contribution is 5.84. The molecule has 2 aromatic carbocycles. The second-order valence-corrected chi connectivity index (χ2v) is 12.0. The Kier molecular flexibility index (Phi) is 8.74. The molecule has 0 aliphatic carbocycles. The number of rotatable bonds is 7. The van der Waals surface area contributed by atoms with Crippen LogP contribution in [0.15, 0.2) is 60.7 Å². The molecule has 234 valence electrons. The van der Waals surface area contributed by atoms with Gasteiger partial charge in [0.25, 0.3) is 5.60 Å². The van der Waals surface area contributed by atoms with Gasteiger partial charge in [-0.1, -0.05) is 81.4 Å². The van der Waals surface area contributed by atoms with E-state index in [1.165, 1.54) is 28.0 Å². The largest absolute Gasteiger partial charge is 0.465 e. The lowest BCUT2D eigenvalue weighted by molar-refractivity contribution is -0.297. The maximum Gasteiger partial charge on any atom is 0.432 e. The minimum absolute atomic E-state index is 0.0521. The number of esters is 1. The smallest absolute Gasteiger partial charge is 0.432 e. The summed E-state index contributed by atoms with van der Waals surface area (Å²) in [6, 6.07) is 15.3. The molecular formula is C31H37F3N2O7. The first-order valence-electron chi connectivity index (χ1n) is 14.0. The number of carboxylic acid groups (broad SMARTS) is 1. The highest BCUT2D eigenvalue weighted by Gasteiger charge is 2.73. The average molecular weight is 607 g/mol. The number of carbonyl (C=O) groups is 3. The van der Waals surface area contributed by atoms with Crippen LogP contribution < -0.4 is 0 Å². The van der Waals surface area contributed by atoms with E-state index in [1.807, 2.05) is 6.07 Å². The summed E-state index contributed by atoms with van der Waals surface area (Å²) in [5, 5.41) is 10.3. The van der Waals surface area contributed by atoms with Gasteiger partial charge in [0.15, 0.2) is 5.60 Å². The molecule has 0 spiro atoms. The summed E-state index contributed by atoms with van der Waals surface area (Å²) in [7, 11) is 0.770. The number of piperidine rings is 1. The van der Waals surface area contributed by atoms with Crippen LogP contribution in [0, 0.1) is 5.41 Å². The number of nitrogens with zero attached hydrogens (tertiary/aromatic N) is 2. The van der Waals surface area contributed by atoms with Gasteiger partial charge in [0.05, 0.1) is 18.6 Å². The van der Waals surface area contributed by atoms with Gasteiger partial charge in [0, 0.05) is 19.2 Å². The molecule has 9 nitrogen and oxygen atoms in total. The molecule has 0 unspecified atom stereocenters. The van der Waals surface area contributed by atoms with Crippen LogP contribution in [0.5, 0.6) is 0 Å². The van der Waals surface area contributed by atoms with Crippen molar-refractivity contribution in [3.63, 3.8) is 0 Å². The summed E-state index contributed by atoms with van der Waals surface area (Å²) in [5.41, 5.74) is -7.55. The summed E-state index contributed by atoms with van der Waals surface area (Å²) in [4.78, 5) is 42.1. The van der Waals surface area contributed by atoms with E-state index < -0.39 is 52.1 Å². The summed E-state index contributed by atoms with van der Waals surface area (Å²) in [6.07, 6.45) is -6.06. The third-order valence-corrected chi connectivity index (χ3v) is 8.67. The van der Waals surface area contributed by atoms with Crippen LogP contribution in [0.3, 0.4) is 0 Å². The molecule has 2 amide bonds. The fraction of sp³-hybridized carbons (Fsp3) is 0.516. The van der Waals surface area contributed by atoms with Crippen LogP contribution in [0.4, 0.5) is 22.8 Å². The first-order valence-corrected chi connectivity index (χ1v) is 14.0. The average Bonchev–Trinajstić information content (AvgIpc) is 2.93. The highest BCUT2D eigenvalue weighted by Crippen LogP contribution is 2.55. The number of benzene rings is 2. The van der Waals surface area contributed by atoms with E-state index in [2.05, 4.69) is 0 Å². The zero-order chi connectivity index (χ0) is 31.7. The molecule has 4 rings (SSSR count). The van der Waals surface area contributed by atoms with Crippen molar-refractivity contribution in [2.45, 2.75) is 69.6 Å². The van der Waals surface area contributed by atoms with Crippen molar-refractivity contribution in [2.75, 3.05) is 26.7 Å². The number of ether oxygens (including phenoxy) is 3. The Morgan fingerprint density at radius 2 is 1.51 bits per heavy atom. The molecule has 2 atom stereocenters. The summed E-state index contributed by atoms with van der Waals surface area (Å²) >= 11 is 0. The van der Waals surface area contributed by atoms with Crippen LogP contribution in [0.2, 0.25) is 0 Å². The molecule has 2 heterocycles. The van der Waals surface area contributed by atoms with E-state index in [-0.39, 0.29) is 32.7 Å². The Morgan fingerprint density at radius 1 is 0.930 bits per heavy atom. The van der Waals surface area contributed by atoms with Crippen LogP contribution in [-0.4, -0.2) is 77.1 Å². The fourth-order valence-corrected chi connectivity index (χ4v) is 6.73. The number of amides is 2. The Balaban J connectivity index is 1.78. The number of alkyl halides is 3. The number of methoxy groups -OCH3 is 1. The molecular weight excluding hydrogens is 569 g/mol. The van der Waals surface area contributed by atoms with Crippen molar-refractivity contribution < 1.29 is 46.9 Å². The second-order valence-electron chi connectivity index (χ2n) is 12.0. The summed E-state index contributed by atoms with van der Waals surface area (Å²) in [6.45, 7) is 4.54. The van der Waals surface area contributed by atoms with Crippen LogP contribution >= 0.6 is 0 Å². The minimum Gasteiger partial charge on any atom is -0.465 e. The van der Waals surface area contributed by atoms with Gasteiger partial charge in [-0.3, -0.25) is 9.80 Å². The predicted octanol–water partition coefficient (Wildman–Crippen LogP) is 5.97. The Hall–Kier alpha value is -3.80. The van der Waals surface area contributed by atoms with E-state index in [1.54, 1.807) is 45.0 Å². The Labute approximate surface area is 248 Å². The maximum atomic E-state index is 14.8. The van der Waals surface area contributed by atoms with E-state index in [4.69, 9.17) is 14.2 Å². The monoisotopic (exact) mass is 606 g/mol. The van der Waals surface area contributed by atoms with Crippen molar-refractivity contribution in [2.24, 2.45) is 5.41 Å². The highest BCUT2D eigenvalue weighted by atomic mass is 19.4. The van der Waals surface area contributed by atoms with Crippen molar-refractivity contribution >= 4 is 18.2 Å². The standard InChI is InChI=1S/C31H37F3N2O7/c1-27(2,3)29(17-11-12-18-36(29)25(38)39)28(20-35(21-28)26(40)42-19-22-13-7-5-8-14-22)43-24(37)30(41-4,31(32,33)34)23-15-9-6-10-16-23/h5-10,13-16H,11-12,17-21H2,1-4H3,(H,38,39)/t29-,30-/m1/s1. The molecule has 2 aliphatic rings. The third kappa shape index (κ3) is 5.41. The quantitative estimate of drug-likeness (QED) is 0.387. The first-order chi connectivity index (χ1) is 20.1. The van der Waals surface area contributed by atoms with Crippen LogP contribution in [0.1, 0.15) is 51.2 Å². The van der Waals surface area contributed by atoms with E-state index in [0.717, 1.165) is 24.8 Å². The molecule has 43 heavy (non-hydrogen) atoms. The van der Waals surface area contributed by atoms with Gasteiger partial charge in [-0.05, 0) is 30.2 Å². The van der Waals surface area contributed by atoms with Crippen LogP contribution in [-0.2, 0) is 31.2 Å². The first kappa shape index (κ1) is 32.1.